The van der Waals surface area contributed by atoms with E-state index in [1.165, 1.54) is 0 Å². The predicted octanol–water partition coefficient (Wildman–Crippen LogP) is 5.33. The molecule has 1 unspecified atom stereocenters. The van der Waals surface area contributed by atoms with Gasteiger partial charge in [-0.15, -0.1) is 5.16 Å². The van der Waals surface area contributed by atoms with Gasteiger partial charge in [-0.2, -0.15) is 0 Å². The fourth-order valence-corrected chi connectivity index (χ4v) is 2.73. The molecule has 1 atom stereocenters. The minimum atomic E-state index is -0.146. The number of phenolic OH excluding ortho intramolecular Hbond substituents is 1. The van der Waals surface area contributed by atoms with Gasteiger partial charge in [-0.25, -0.2) is 0 Å². The van der Waals surface area contributed by atoms with Crippen molar-refractivity contribution in [3.63, 3.8) is 0 Å². The Kier molecular flexibility index (Phi) is 5.66. The van der Waals surface area contributed by atoms with Crippen LogP contribution in [0.5, 0.6) is 5.75 Å². The molecule has 0 aromatic heterocycles. The van der Waals surface area contributed by atoms with E-state index in [1.807, 2.05) is 0 Å². The highest BCUT2D eigenvalue weighted by Crippen LogP contribution is 2.41. The van der Waals surface area contributed by atoms with Gasteiger partial charge in [0.05, 0.1) is 6.21 Å². The first kappa shape index (κ1) is 18.5. The molecule has 0 aliphatic rings. The molecule has 3 nitrogen and oxygen atoms in total. The largest absolute Gasteiger partial charge is 0.507 e. The summed E-state index contributed by atoms with van der Waals surface area (Å²) in [4.78, 5) is 0. The number of phenols is 1. The van der Waals surface area contributed by atoms with E-state index in [0.717, 1.165) is 29.5 Å². The maximum atomic E-state index is 10.7. The zero-order valence-electron chi connectivity index (χ0n) is 15.1. The summed E-state index contributed by atoms with van der Waals surface area (Å²) in [7, 11) is 0. The maximum Gasteiger partial charge on any atom is 0.123 e. The Morgan fingerprint density at radius 3 is 1.82 bits per heavy atom. The first-order valence-corrected chi connectivity index (χ1v) is 8.07. The second-order valence-corrected chi connectivity index (χ2v) is 8.12. The van der Waals surface area contributed by atoms with Crippen molar-refractivity contribution >= 4 is 6.21 Å². The smallest absolute Gasteiger partial charge is 0.123 e. The van der Waals surface area contributed by atoms with Crippen LogP contribution in [-0.4, -0.2) is 16.5 Å². The third-order valence-corrected chi connectivity index (χ3v) is 4.02. The minimum Gasteiger partial charge on any atom is -0.507 e. The van der Waals surface area contributed by atoms with Crippen molar-refractivity contribution in [2.75, 3.05) is 0 Å². The fourth-order valence-electron chi connectivity index (χ4n) is 2.73. The average molecular weight is 305 g/mol. The number of benzene rings is 1. The molecular formula is C19H31NO2. The van der Waals surface area contributed by atoms with Crippen LogP contribution in [0.25, 0.3) is 0 Å². The number of oxime groups is 1. The molecule has 0 bridgehead atoms. The molecule has 0 aliphatic carbocycles. The van der Waals surface area contributed by atoms with Crippen molar-refractivity contribution in [2.24, 2.45) is 5.16 Å². The van der Waals surface area contributed by atoms with Gasteiger partial charge < -0.3 is 10.3 Å². The Balaban J connectivity index is 3.59. The molecule has 0 saturated carbocycles. The standard InChI is InChI=1S/C19H31NO2/c1-8-9-13(12-20-22)14-10-15(18(2,3)4)17(21)16(11-14)19(5,6)7/h10-13,21-22H,8-9H2,1-7H3. The van der Waals surface area contributed by atoms with E-state index in [-0.39, 0.29) is 16.7 Å². The summed E-state index contributed by atoms with van der Waals surface area (Å²) in [6.07, 6.45) is 3.52. The average Bonchev–Trinajstić information content (AvgIpc) is 2.36. The lowest BCUT2D eigenvalue weighted by Crippen LogP contribution is -2.18. The van der Waals surface area contributed by atoms with E-state index in [9.17, 15) is 5.11 Å². The van der Waals surface area contributed by atoms with Crippen LogP contribution in [0.3, 0.4) is 0 Å². The normalized spacial score (nSPS) is 14.5. The summed E-state index contributed by atoms with van der Waals surface area (Å²) in [5, 5.41) is 23.0. The van der Waals surface area contributed by atoms with Gasteiger partial charge in [0.15, 0.2) is 0 Å². The van der Waals surface area contributed by atoms with E-state index < -0.39 is 0 Å². The van der Waals surface area contributed by atoms with Gasteiger partial charge in [0.2, 0.25) is 0 Å². The van der Waals surface area contributed by atoms with Crippen LogP contribution in [0.4, 0.5) is 0 Å². The first-order chi connectivity index (χ1) is 10.0. The third-order valence-electron chi connectivity index (χ3n) is 4.02. The monoisotopic (exact) mass is 305 g/mol. The molecule has 3 heteroatoms. The molecule has 2 N–H and O–H groups in total. The van der Waals surface area contributed by atoms with Crippen molar-refractivity contribution in [2.45, 2.75) is 78.1 Å². The highest BCUT2D eigenvalue weighted by Gasteiger charge is 2.27. The Morgan fingerprint density at radius 1 is 1.05 bits per heavy atom. The number of aromatic hydroxyl groups is 1. The Hall–Kier alpha value is -1.51. The Labute approximate surface area is 135 Å². The third kappa shape index (κ3) is 4.25. The second kappa shape index (κ2) is 6.72. The first-order valence-electron chi connectivity index (χ1n) is 8.07. The molecule has 124 valence electrons. The van der Waals surface area contributed by atoms with Crippen LogP contribution in [0.1, 0.15) is 83.9 Å². The lowest BCUT2D eigenvalue weighted by Gasteiger charge is -2.29. The van der Waals surface area contributed by atoms with Gasteiger partial charge in [-0.05, 0) is 33.9 Å². The summed E-state index contributed by atoms with van der Waals surface area (Å²) in [5.74, 6) is 0.456. The molecule has 0 amide bonds. The molecule has 22 heavy (non-hydrogen) atoms. The zero-order chi connectivity index (χ0) is 17.1. The molecular weight excluding hydrogens is 274 g/mol. The van der Waals surface area contributed by atoms with Gasteiger partial charge in [0, 0.05) is 5.92 Å². The number of hydrogen-bond acceptors (Lipinski definition) is 3. The van der Waals surface area contributed by atoms with Crippen LogP contribution in [0.2, 0.25) is 0 Å². The molecule has 0 heterocycles. The van der Waals surface area contributed by atoms with E-state index in [2.05, 4.69) is 65.8 Å². The summed E-state index contributed by atoms with van der Waals surface area (Å²) in [6.45, 7) is 14.7. The molecule has 0 aliphatic heterocycles. The lowest BCUT2D eigenvalue weighted by molar-refractivity contribution is 0.319. The molecule has 0 fully saturated rings. The van der Waals surface area contributed by atoms with Gasteiger partial charge in [0.25, 0.3) is 0 Å². The Bertz CT molecular complexity index is 498. The van der Waals surface area contributed by atoms with Gasteiger partial charge in [-0.1, -0.05) is 67.0 Å². The molecule has 0 spiro atoms. The maximum absolute atomic E-state index is 10.7. The zero-order valence-corrected chi connectivity index (χ0v) is 15.1. The number of rotatable bonds is 4. The lowest BCUT2D eigenvalue weighted by atomic mass is 9.77. The van der Waals surface area contributed by atoms with Crippen molar-refractivity contribution < 1.29 is 10.3 Å². The molecule has 1 rings (SSSR count). The molecule has 1 aromatic carbocycles. The quantitative estimate of drug-likeness (QED) is 0.448. The van der Waals surface area contributed by atoms with Crippen LogP contribution in [0, 0.1) is 0 Å². The van der Waals surface area contributed by atoms with Crippen molar-refractivity contribution in [1.82, 2.24) is 0 Å². The van der Waals surface area contributed by atoms with Crippen molar-refractivity contribution in [1.29, 1.82) is 0 Å². The van der Waals surface area contributed by atoms with E-state index in [1.54, 1.807) is 6.21 Å². The fraction of sp³-hybridized carbons (Fsp3) is 0.632. The summed E-state index contributed by atoms with van der Waals surface area (Å²) in [5.41, 5.74) is 2.71. The number of nitrogens with zero attached hydrogens (tertiary/aromatic N) is 1. The topological polar surface area (TPSA) is 52.8 Å². The van der Waals surface area contributed by atoms with Crippen molar-refractivity contribution in [3.8, 4) is 5.75 Å². The van der Waals surface area contributed by atoms with Crippen LogP contribution < -0.4 is 0 Å². The SMILES string of the molecule is CCCC(C=NO)c1cc(C(C)(C)C)c(O)c(C(C)(C)C)c1. The highest BCUT2D eigenvalue weighted by atomic mass is 16.4. The minimum absolute atomic E-state index is 0.0674. The van der Waals surface area contributed by atoms with Crippen LogP contribution in [0.15, 0.2) is 17.3 Å². The van der Waals surface area contributed by atoms with Gasteiger partial charge in [0.1, 0.15) is 5.75 Å². The molecule has 0 radical (unpaired) electrons. The predicted molar refractivity (Wildman–Crippen MR) is 93.4 cm³/mol. The van der Waals surface area contributed by atoms with Gasteiger partial charge >= 0.3 is 0 Å². The molecule has 1 aromatic rings. The summed E-state index contributed by atoms with van der Waals surface area (Å²) >= 11 is 0. The Morgan fingerprint density at radius 2 is 1.50 bits per heavy atom. The van der Waals surface area contributed by atoms with Crippen molar-refractivity contribution in [3.05, 3.63) is 28.8 Å². The highest BCUT2D eigenvalue weighted by molar-refractivity contribution is 5.68. The number of hydrogen-bond donors (Lipinski definition) is 2. The van der Waals surface area contributed by atoms with Crippen LogP contribution >= 0.6 is 0 Å². The summed E-state index contributed by atoms with van der Waals surface area (Å²) in [6, 6.07) is 4.12. The second-order valence-electron chi connectivity index (χ2n) is 8.12. The van der Waals surface area contributed by atoms with E-state index in [4.69, 9.17) is 5.21 Å². The van der Waals surface area contributed by atoms with Crippen LogP contribution in [-0.2, 0) is 10.8 Å². The van der Waals surface area contributed by atoms with E-state index in [0.29, 0.717) is 5.75 Å². The molecule has 0 saturated heterocycles. The van der Waals surface area contributed by atoms with Gasteiger partial charge in [-0.3, -0.25) is 0 Å². The van der Waals surface area contributed by atoms with E-state index >= 15 is 0 Å². The summed E-state index contributed by atoms with van der Waals surface area (Å²) < 4.78 is 0.